The van der Waals surface area contributed by atoms with Crippen LogP contribution in [0.1, 0.15) is 10.4 Å². The Bertz CT molecular complexity index is 582. The molecule has 0 saturated carbocycles. The van der Waals surface area contributed by atoms with Crippen molar-refractivity contribution in [2.45, 2.75) is 0 Å². The molecule has 1 aromatic heterocycles. The van der Waals surface area contributed by atoms with Crippen molar-refractivity contribution in [2.24, 2.45) is 0 Å². The molecule has 0 saturated heterocycles. The van der Waals surface area contributed by atoms with Crippen LogP contribution in [0.5, 0.6) is 11.6 Å². The van der Waals surface area contributed by atoms with E-state index in [4.69, 9.17) is 4.74 Å². The fourth-order valence-corrected chi connectivity index (χ4v) is 1.96. The number of amides is 1. The van der Waals surface area contributed by atoms with Gasteiger partial charge in [-0.1, -0.05) is 12.1 Å². The molecule has 0 spiro atoms. The normalized spacial score (nSPS) is 10.1. The van der Waals surface area contributed by atoms with E-state index in [0.29, 0.717) is 11.4 Å². The Kier molecular flexibility index (Phi) is 4.36. The second-order valence-electron chi connectivity index (χ2n) is 4.12. The molecule has 4 nitrogen and oxygen atoms in total. The molecule has 2 aromatic rings. The summed E-state index contributed by atoms with van der Waals surface area (Å²) in [7, 11) is 3.41. The molecular formula is C14H13IN2O2. The standard InChI is InChI=1S/C14H13IN2O2/c1-17(2)14(18)10-7-8-13(16-9-10)19-12-6-4-3-5-11(12)15/h3-9H,1-2H3. The van der Waals surface area contributed by atoms with Gasteiger partial charge in [0.2, 0.25) is 5.88 Å². The van der Waals surface area contributed by atoms with Crippen LogP contribution >= 0.6 is 22.6 Å². The van der Waals surface area contributed by atoms with Gasteiger partial charge in [-0.05, 0) is 40.8 Å². The molecule has 0 unspecified atom stereocenters. The van der Waals surface area contributed by atoms with Crippen LogP contribution in [0.15, 0.2) is 42.6 Å². The van der Waals surface area contributed by atoms with Gasteiger partial charge in [0, 0.05) is 26.4 Å². The average Bonchev–Trinajstić information content (AvgIpc) is 2.41. The van der Waals surface area contributed by atoms with Gasteiger partial charge >= 0.3 is 0 Å². The van der Waals surface area contributed by atoms with Crippen molar-refractivity contribution in [3.63, 3.8) is 0 Å². The van der Waals surface area contributed by atoms with Gasteiger partial charge in [0.15, 0.2) is 0 Å². The SMILES string of the molecule is CN(C)C(=O)c1ccc(Oc2ccccc2I)nc1. The van der Waals surface area contributed by atoms with Crippen molar-refractivity contribution >= 4 is 28.5 Å². The third kappa shape index (κ3) is 3.44. The maximum atomic E-state index is 11.7. The van der Waals surface area contributed by atoms with Gasteiger partial charge in [-0.15, -0.1) is 0 Å². The van der Waals surface area contributed by atoms with Crippen molar-refractivity contribution in [1.29, 1.82) is 0 Å². The number of para-hydroxylation sites is 1. The summed E-state index contributed by atoms with van der Waals surface area (Å²) in [6.45, 7) is 0. The molecular weight excluding hydrogens is 355 g/mol. The predicted molar refractivity (Wildman–Crippen MR) is 81.5 cm³/mol. The van der Waals surface area contributed by atoms with Crippen LogP contribution in [0.4, 0.5) is 0 Å². The molecule has 0 aliphatic rings. The summed E-state index contributed by atoms with van der Waals surface area (Å²) >= 11 is 2.20. The van der Waals surface area contributed by atoms with Crippen molar-refractivity contribution in [3.8, 4) is 11.6 Å². The first-order valence-electron chi connectivity index (χ1n) is 5.68. The first-order chi connectivity index (χ1) is 9.08. The molecule has 19 heavy (non-hydrogen) atoms. The number of halogens is 1. The Labute approximate surface area is 125 Å². The van der Waals surface area contributed by atoms with E-state index in [1.807, 2.05) is 24.3 Å². The van der Waals surface area contributed by atoms with Crippen molar-refractivity contribution in [3.05, 3.63) is 51.7 Å². The highest BCUT2D eigenvalue weighted by Gasteiger charge is 2.09. The van der Waals surface area contributed by atoms with Gasteiger partial charge in [-0.3, -0.25) is 4.79 Å². The third-order valence-corrected chi connectivity index (χ3v) is 3.33. The molecule has 0 fully saturated rings. The minimum Gasteiger partial charge on any atom is -0.438 e. The summed E-state index contributed by atoms with van der Waals surface area (Å²) in [5.41, 5.74) is 0.542. The average molecular weight is 368 g/mol. The molecule has 1 amide bonds. The van der Waals surface area contributed by atoms with Gasteiger partial charge in [-0.2, -0.15) is 0 Å². The lowest BCUT2D eigenvalue weighted by Gasteiger charge is -2.10. The molecule has 0 aliphatic heterocycles. The quantitative estimate of drug-likeness (QED) is 0.782. The molecule has 0 radical (unpaired) electrons. The van der Waals surface area contributed by atoms with Crippen LogP contribution < -0.4 is 4.74 Å². The Balaban J connectivity index is 2.16. The lowest BCUT2D eigenvalue weighted by molar-refractivity contribution is 0.0827. The number of rotatable bonds is 3. The number of carbonyl (C=O) groups is 1. The van der Waals surface area contributed by atoms with Crippen LogP contribution in [0, 0.1) is 3.57 Å². The molecule has 2 rings (SSSR count). The molecule has 0 aliphatic carbocycles. The highest BCUT2D eigenvalue weighted by molar-refractivity contribution is 14.1. The molecule has 0 bridgehead atoms. The van der Waals surface area contributed by atoms with E-state index in [2.05, 4.69) is 27.6 Å². The fraction of sp³-hybridized carbons (Fsp3) is 0.143. The highest BCUT2D eigenvalue weighted by atomic mass is 127. The van der Waals surface area contributed by atoms with Gasteiger partial charge < -0.3 is 9.64 Å². The monoisotopic (exact) mass is 368 g/mol. The first kappa shape index (κ1) is 13.8. The fourth-order valence-electron chi connectivity index (χ4n) is 1.47. The summed E-state index contributed by atoms with van der Waals surface area (Å²) in [6.07, 6.45) is 1.52. The topological polar surface area (TPSA) is 42.4 Å². The van der Waals surface area contributed by atoms with Crippen LogP contribution in [0.3, 0.4) is 0 Å². The summed E-state index contributed by atoms with van der Waals surface area (Å²) in [4.78, 5) is 17.4. The predicted octanol–water partition coefficient (Wildman–Crippen LogP) is 3.18. The molecule has 0 atom stereocenters. The summed E-state index contributed by atoms with van der Waals surface area (Å²) in [6, 6.07) is 11.1. The minimum atomic E-state index is -0.0756. The van der Waals surface area contributed by atoms with Crippen molar-refractivity contribution < 1.29 is 9.53 Å². The number of nitrogens with zero attached hydrogens (tertiary/aromatic N) is 2. The molecule has 1 heterocycles. The van der Waals surface area contributed by atoms with Crippen molar-refractivity contribution in [2.75, 3.05) is 14.1 Å². The van der Waals surface area contributed by atoms with E-state index in [9.17, 15) is 4.79 Å². The van der Waals surface area contributed by atoms with Crippen LogP contribution in [-0.2, 0) is 0 Å². The number of benzene rings is 1. The number of hydrogen-bond donors (Lipinski definition) is 0. The number of hydrogen-bond acceptors (Lipinski definition) is 3. The summed E-state index contributed by atoms with van der Waals surface area (Å²) < 4.78 is 6.67. The maximum Gasteiger partial charge on any atom is 0.254 e. The van der Waals surface area contributed by atoms with Gasteiger partial charge in [0.25, 0.3) is 5.91 Å². The maximum absolute atomic E-state index is 11.7. The minimum absolute atomic E-state index is 0.0756. The third-order valence-electron chi connectivity index (χ3n) is 2.44. The van der Waals surface area contributed by atoms with Crippen molar-refractivity contribution in [1.82, 2.24) is 9.88 Å². The van der Waals surface area contributed by atoms with E-state index < -0.39 is 0 Å². The molecule has 1 aromatic carbocycles. The smallest absolute Gasteiger partial charge is 0.254 e. The second-order valence-corrected chi connectivity index (χ2v) is 5.28. The Morgan fingerprint density at radius 1 is 1.21 bits per heavy atom. The largest absolute Gasteiger partial charge is 0.438 e. The van der Waals surface area contributed by atoms with Gasteiger partial charge in [0.1, 0.15) is 5.75 Å². The number of pyridine rings is 1. The zero-order chi connectivity index (χ0) is 13.8. The van der Waals surface area contributed by atoms with E-state index >= 15 is 0 Å². The zero-order valence-electron chi connectivity index (χ0n) is 10.6. The lowest BCUT2D eigenvalue weighted by atomic mass is 10.2. The first-order valence-corrected chi connectivity index (χ1v) is 6.76. The highest BCUT2D eigenvalue weighted by Crippen LogP contribution is 2.24. The van der Waals surface area contributed by atoms with Crippen LogP contribution in [0.25, 0.3) is 0 Å². The van der Waals surface area contributed by atoms with E-state index in [1.165, 1.54) is 11.1 Å². The lowest BCUT2D eigenvalue weighted by Crippen LogP contribution is -2.21. The number of carbonyl (C=O) groups excluding carboxylic acids is 1. The Hall–Kier alpha value is -1.63. The van der Waals surface area contributed by atoms with E-state index in [-0.39, 0.29) is 5.91 Å². The number of aromatic nitrogens is 1. The second kappa shape index (κ2) is 6.01. The molecule has 98 valence electrons. The molecule has 0 N–H and O–H groups in total. The number of ether oxygens (including phenoxy) is 1. The Morgan fingerprint density at radius 3 is 2.53 bits per heavy atom. The van der Waals surface area contributed by atoms with E-state index in [0.717, 1.165) is 9.32 Å². The Morgan fingerprint density at radius 2 is 1.95 bits per heavy atom. The zero-order valence-corrected chi connectivity index (χ0v) is 12.8. The van der Waals surface area contributed by atoms with Gasteiger partial charge in [0.05, 0.1) is 9.13 Å². The van der Waals surface area contributed by atoms with Crippen LogP contribution in [-0.4, -0.2) is 29.9 Å². The van der Waals surface area contributed by atoms with E-state index in [1.54, 1.807) is 26.2 Å². The molecule has 5 heteroatoms. The van der Waals surface area contributed by atoms with Gasteiger partial charge in [-0.25, -0.2) is 4.98 Å². The summed E-state index contributed by atoms with van der Waals surface area (Å²) in [5.74, 6) is 1.15. The summed E-state index contributed by atoms with van der Waals surface area (Å²) in [5, 5.41) is 0. The van der Waals surface area contributed by atoms with Crippen LogP contribution in [0.2, 0.25) is 0 Å².